The van der Waals surface area contributed by atoms with Gasteiger partial charge >= 0.3 is 11.9 Å². The van der Waals surface area contributed by atoms with E-state index in [1.807, 2.05) is 20.8 Å². The van der Waals surface area contributed by atoms with E-state index < -0.39 is 53.8 Å². The van der Waals surface area contributed by atoms with Gasteiger partial charge in [0.25, 0.3) is 0 Å². The minimum absolute atomic E-state index is 0.0181. The third kappa shape index (κ3) is 11.1. The van der Waals surface area contributed by atoms with E-state index in [4.69, 9.17) is 10.8 Å². The summed E-state index contributed by atoms with van der Waals surface area (Å²) in [5, 5.41) is 25.8. The number of aliphatic carboxylic acids is 2. The second-order valence-electron chi connectivity index (χ2n) is 9.17. The highest BCUT2D eigenvalue weighted by atomic mass is 16.4. The zero-order valence-electron chi connectivity index (χ0n) is 20.4. The van der Waals surface area contributed by atoms with Crippen LogP contribution in [0.4, 0.5) is 0 Å². The molecule has 0 fully saturated rings. The summed E-state index contributed by atoms with van der Waals surface area (Å²) >= 11 is 0. The molecule has 7 N–H and O–H groups in total. The van der Waals surface area contributed by atoms with Crippen molar-refractivity contribution in [1.82, 2.24) is 16.0 Å². The van der Waals surface area contributed by atoms with Crippen LogP contribution in [-0.4, -0.2) is 64.0 Å². The predicted octanol–water partition coefficient (Wildman–Crippen LogP) is 0.466. The van der Waals surface area contributed by atoms with Crippen molar-refractivity contribution in [2.24, 2.45) is 23.5 Å². The van der Waals surface area contributed by atoms with E-state index in [1.54, 1.807) is 20.8 Å². The summed E-state index contributed by atoms with van der Waals surface area (Å²) in [5.41, 5.74) is 5.75. The van der Waals surface area contributed by atoms with Crippen LogP contribution in [0, 0.1) is 17.8 Å². The Balaban J connectivity index is 5.52. The van der Waals surface area contributed by atoms with Gasteiger partial charge in [-0.05, 0) is 30.6 Å². The fourth-order valence-electron chi connectivity index (χ4n) is 3.10. The molecule has 0 aliphatic carbocycles. The summed E-state index contributed by atoms with van der Waals surface area (Å²) < 4.78 is 0. The largest absolute Gasteiger partial charge is 0.481 e. The standard InChI is InChI=1S/C22H40N4O7/c1-7-13(6)18(21(31)25-17(12(4)5)22(32)33)26-20(30)15(10-11(2)3)24-19(29)14(23)8-9-16(27)28/h11-15,17-18H,7-10,23H2,1-6H3,(H,24,29)(H,25,31)(H,26,30)(H,27,28)(H,32,33). The van der Waals surface area contributed by atoms with Crippen LogP contribution in [0.25, 0.3) is 0 Å². The van der Waals surface area contributed by atoms with Crippen LogP contribution in [0.15, 0.2) is 0 Å². The first-order valence-electron chi connectivity index (χ1n) is 11.3. The molecule has 5 atom stereocenters. The SMILES string of the molecule is CCC(C)C(NC(=O)C(CC(C)C)NC(=O)C(N)CCC(=O)O)C(=O)NC(C(=O)O)C(C)C. The van der Waals surface area contributed by atoms with Gasteiger partial charge in [0, 0.05) is 6.42 Å². The maximum absolute atomic E-state index is 13.0. The van der Waals surface area contributed by atoms with Crippen molar-refractivity contribution >= 4 is 29.7 Å². The molecule has 0 heterocycles. The Bertz CT molecular complexity index is 696. The summed E-state index contributed by atoms with van der Waals surface area (Å²) in [6.45, 7) is 10.6. The second-order valence-corrected chi connectivity index (χ2v) is 9.17. The monoisotopic (exact) mass is 472 g/mol. The number of amides is 3. The molecule has 0 aromatic heterocycles. The van der Waals surface area contributed by atoms with Gasteiger partial charge in [0.1, 0.15) is 18.1 Å². The summed E-state index contributed by atoms with van der Waals surface area (Å²) in [5.74, 6) is -4.78. The van der Waals surface area contributed by atoms with Crippen LogP contribution < -0.4 is 21.7 Å². The fraction of sp³-hybridized carbons (Fsp3) is 0.773. The van der Waals surface area contributed by atoms with Crippen LogP contribution in [-0.2, 0) is 24.0 Å². The third-order valence-corrected chi connectivity index (χ3v) is 5.37. The van der Waals surface area contributed by atoms with Gasteiger partial charge in [-0.3, -0.25) is 19.2 Å². The van der Waals surface area contributed by atoms with Crippen molar-refractivity contribution in [3.05, 3.63) is 0 Å². The van der Waals surface area contributed by atoms with E-state index >= 15 is 0 Å². The molecule has 0 aliphatic heterocycles. The molecule has 0 aromatic carbocycles. The molecule has 0 bridgehead atoms. The van der Waals surface area contributed by atoms with Crippen LogP contribution in [0.2, 0.25) is 0 Å². The Morgan fingerprint density at radius 1 is 0.818 bits per heavy atom. The molecule has 5 unspecified atom stereocenters. The Labute approximate surface area is 195 Å². The molecule has 0 radical (unpaired) electrons. The van der Waals surface area contributed by atoms with Crippen molar-refractivity contribution in [1.29, 1.82) is 0 Å². The highest BCUT2D eigenvalue weighted by Crippen LogP contribution is 2.12. The zero-order valence-corrected chi connectivity index (χ0v) is 20.4. The quantitative estimate of drug-likeness (QED) is 0.198. The molecule has 3 amide bonds. The van der Waals surface area contributed by atoms with Gasteiger partial charge in [0.05, 0.1) is 6.04 Å². The van der Waals surface area contributed by atoms with Gasteiger partial charge in [-0.15, -0.1) is 0 Å². The first kappa shape index (κ1) is 30.3. The number of nitrogens with two attached hydrogens (primary N) is 1. The minimum atomic E-state index is -1.17. The number of nitrogens with one attached hydrogen (secondary N) is 3. The lowest BCUT2D eigenvalue weighted by Crippen LogP contribution is -2.59. The van der Waals surface area contributed by atoms with Crippen molar-refractivity contribution in [3.63, 3.8) is 0 Å². The van der Waals surface area contributed by atoms with Crippen LogP contribution in [0.3, 0.4) is 0 Å². The number of rotatable bonds is 15. The molecule has 0 saturated carbocycles. The van der Waals surface area contributed by atoms with Gasteiger partial charge < -0.3 is 31.9 Å². The molecular formula is C22H40N4O7. The van der Waals surface area contributed by atoms with E-state index in [2.05, 4.69) is 16.0 Å². The molecule has 0 spiro atoms. The second kappa shape index (κ2) is 14.5. The minimum Gasteiger partial charge on any atom is -0.481 e. The van der Waals surface area contributed by atoms with Gasteiger partial charge in [-0.1, -0.05) is 48.0 Å². The molecular weight excluding hydrogens is 432 g/mol. The number of carboxylic acid groups (broad SMARTS) is 2. The lowest BCUT2D eigenvalue weighted by atomic mass is 9.95. The van der Waals surface area contributed by atoms with Crippen molar-refractivity contribution in [2.45, 2.75) is 91.4 Å². The molecule has 11 nitrogen and oxygen atoms in total. The summed E-state index contributed by atoms with van der Waals surface area (Å²) in [7, 11) is 0. The summed E-state index contributed by atoms with van der Waals surface area (Å²) in [6.07, 6.45) is 0.439. The van der Waals surface area contributed by atoms with Crippen LogP contribution in [0.1, 0.15) is 67.2 Å². The maximum Gasteiger partial charge on any atom is 0.326 e. The molecule has 0 aliphatic rings. The van der Waals surface area contributed by atoms with Gasteiger partial charge in [0.2, 0.25) is 17.7 Å². The van der Waals surface area contributed by atoms with Crippen LogP contribution >= 0.6 is 0 Å². The van der Waals surface area contributed by atoms with Crippen LogP contribution in [0.5, 0.6) is 0 Å². The highest BCUT2D eigenvalue weighted by Gasteiger charge is 2.33. The number of hydrogen-bond acceptors (Lipinski definition) is 6. The molecule has 190 valence electrons. The Morgan fingerprint density at radius 2 is 1.36 bits per heavy atom. The summed E-state index contributed by atoms with van der Waals surface area (Å²) in [4.78, 5) is 60.5. The first-order chi connectivity index (χ1) is 15.2. The predicted molar refractivity (Wildman–Crippen MR) is 122 cm³/mol. The average molecular weight is 473 g/mol. The number of carbonyl (C=O) groups is 5. The van der Waals surface area contributed by atoms with Gasteiger partial charge in [0.15, 0.2) is 0 Å². The Kier molecular flexibility index (Phi) is 13.3. The maximum atomic E-state index is 13.0. The molecule has 33 heavy (non-hydrogen) atoms. The Morgan fingerprint density at radius 3 is 1.79 bits per heavy atom. The summed E-state index contributed by atoms with van der Waals surface area (Å²) in [6, 6.07) is -4.21. The molecule has 0 saturated heterocycles. The van der Waals surface area contributed by atoms with Crippen molar-refractivity contribution in [2.75, 3.05) is 0 Å². The average Bonchev–Trinajstić information content (AvgIpc) is 2.71. The number of hydrogen-bond donors (Lipinski definition) is 6. The lowest BCUT2D eigenvalue weighted by molar-refractivity contribution is -0.144. The molecule has 0 rings (SSSR count). The van der Waals surface area contributed by atoms with E-state index in [9.17, 15) is 29.1 Å². The zero-order chi connectivity index (χ0) is 25.9. The number of carboxylic acids is 2. The third-order valence-electron chi connectivity index (χ3n) is 5.37. The number of carbonyl (C=O) groups excluding carboxylic acids is 3. The van der Waals surface area contributed by atoms with E-state index in [-0.39, 0.29) is 37.0 Å². The van der Waals surface area contributed by atoms with E-state index in [0.29, 0.717) is 6.42 Å². The molecule has 0 aromatic rings. The fourth-order valence-corrected chi connectivity index (χ4v) is 3.10. The molecule has 11 heteroatoms. The lowest BCUT2D eigenvalue weighted by Gasteiger charge is -2.29. The van der Waals surface area contributed by atoms with E-state index in [1.165, 1.54) is 0 Å². The van der Waals surface area contributed by atoms with Gasteiger partial charge in [-0.2, -0.15) is 0 Å². The van der Waals surface area contributed by atoms with Crippen molar-refractivity contribution in [3.8, 4) is 0 Å². The highest BCUT2D eigenvalue weighted by molar-refractivity contribution is 5.94. The van der Waals surface area contributed by atoms with E-state index in [0.717, 1.165) is 0 Å². The topological polar surface area (TPSA) is 188 Å². The van der Waals surface area contributed by atoms with Crippen molar-refractivity contribution < 1.29 is 34.2 Å². The smallest absolute Gasteiger partial charge is 0.326 e. The first-order valence-corrected chi connectivity index (χ1v) is 11.3. The van der Waals surface area contributed by atoms with Gasteiger partial charge in [-0.25, -0.2) is 4.79 Å². The normalized spacial score (nSPS) is 15.8. The Hall–Kier alpha value is -2.69.